The number of imide groups is 1. The van der Waals surface area contributed by atoms with Gasteiger partial charge in [-0.2, -0.15) is 0 Å². The molecule has 0 aromatic rings. The van der Waals surface area contributed by atoms with Crippen LogP contribution in [0.3, 0.4) is 0 Å². The summed E-state index contributed by atoms with van der Waals surface area (Å²) in [5, 5.41) is 3.06. The fourth-order valence-electron chi connectivity index (χ4n) is 5.16. The van der Waals surface area contributed by atoms with Crippen LogP contribution in [0.2, 0.25) is 0 Å². The minimum atomic E-state index is -0.697. The van der Waals surface area contributed by atoms with Gasteiger partial charge >= 0.3 is 0 Å². The molecule has 1 N–H and O–H groups in total. The maximum atomic E-state index is 12.9. The second-order valence-corrected chi connectivity index (χ2v) is 7.91. The summed E-state index contributed by atoms with van der Waals surface area (Å²) in [7, 11) is 0. The van der Waals surface area contributed by atoms with Gasteiger partial charge in [-0.05, 0) is 44.4 Å². The van der Waals surface area contributed by atoms with Gasteiger partial charge in [0.05, 0.1) is 11.8 Å². The summed E-state index contributed by atoms with van der Waals surface area (Å²) in [5.74, 6) is -0.546. The van der Waals surface area contributed by atoms with E-state index in [-0.39, 0.29) is 47.4 Å². The Labute approximate surface area is 142 Å². The first kappa shape index (κ1) is 15.9. The fourth-order valence-corrected chi connectivity index (χ4v) is 5.16. The number of rotatable bonds is 3. The molecule has 24 heavy (non-hydrogen) atoms. The topological polar surface area (TPSA) is 66.5 Å². The molecule has 0 radical (unpaired) electrons. The average Bonchev–Trinajstić information content (AvgIpc) is 2.89. The van der Waals surface area contributed by atoms with Crippen LogP contribution in [0.15, 0.2) is 12.2 Å². The molecule has 0 aromatic heterocycles. The monoisotopic (exact) mass is 330 g/mol. The molecular formula is C19H26N2O3. The highest BCUT2D eigenvalue weighted by atomic mass is 16.2. The van der Waals surface area contributed by atoms with E-state index in [2.05, 4.69) is 17.5 Å². The van der Waals surface area contributed by atoms with E-state index in [0.29, 0.717) is 0 Å². The molecule has 0 aromatic carbocycles. The Morgan fingerprint density at radius 1 is 1.00 bits per heavy atom. The van der Waals surface area contributed by atoms with Crippen LogP contribution in [0.5, 0.6) is 0 Å². The Morgan fingerprint density at radius 2 is 1.54 bits per heavy atom. The van der Waals surface area contributed by atoms with Gasteiger partial charge in [-0.3, -0.25) is 19.3 Å². The van der Waals surface area contributed by atoms with Crippen molar-refractivity contribution >= 4 is 17.7 Å². The molecule has 5 rings (SSSR count). The van der Waals surface area contributed by atoms with E-state index >= 15 is 0 Å². The van der Waals surface area contributed by atoms with Crippen molar-refractivity contribution < 1.29 is 14.4 Å². The molecule has 2 bridgehead atoms. The van der Waals surface area contributed by atoms with Gasteiger partial charge in [-0.15, -0.1) is 0 Å². The van der Waals surface area contributed by atoms with E-state index in [9.17, 15) is 14.4 Å². The first-order chi connectivity index (χ1) is 11.6. The van der Waals surface area contributed by atoms with E-state index < -0.39 is 6.04 Å². The van der Waals surface area contributed by atoms with E-state index in [1.807, 2.05) is 0 Å². The number of likely N-dealkylation sites (tertiary alicyclic amines) is 1. The molecule has 3 fully saturated rings. The highest BCUT2D eigenvalue weighted by molar-refractivity contribution is 6.09. The molecular weight excluding hydrogens is 304 g/mol. The maximum Gasteiger partial charge on any atom is 0.243 e. The molecule has 0 spiro atoms. The lowest BCUT2D eigenvalue weighted by molar-refractivity contribution is -0.147. The number of hydrogen-bond acceptors (Lipinski definition) is 3. The van der Waals surface area contributed by atoms with Gasteiger partial charge in [0.1, 0.15) is 6.04 Å². The minimum absolute atomic E-state index is 0.129. The third-order valence-corrected chi connectivity index (χ3v) is 6.51. The van der Waals surface area contributed by atoms with Crippen molar-refractivity contribution in [2.75, 3.05) is 0 Å². The highest BCUT2D eigenvalue weighted by Gasteiger charge is 2.58. The SMILES string of the molecule is C[C@H](C(=O)NC1CCCCC1)N1C(=O)[C@@H]2[C@H](C1=O)[C@H]1C=C[C@H]2CC1. The van der Waals surface area contributed by atoms with Crippen LogP contribution in [-0.2, 0) is 14.4 Å². The van der Waals surface area contributed by atoms with Crippen molar-refractivity contribution in [3.05, 3.63) is 12.2 Å². The molecule has 4 aliphatic carbocycles. The second kappa shape index (κ2) is 6.01. The molecule has 5 heteroatoms. The van der Waals surface area contributed by atoms with Crippen molar-refractivity contribution in [2.24, 2.45) is 23.7 Å². The first-order valence-corrected chi connectivity index (χ1v) is 9.43. The molecule has 5 nitrogen and oxygen atoms in total. The molecule has 1 heterocycles. The van der Waals surface area contributed by atoms with Crippen molar-refractivity contribution in [2.45, 2.75) is 64.0 Å². The van der Waals surface area contributed by atoms with Gasteiger partial charge in [0.25, 0.3) is 0 Å². The van der Waals surface area contributed by atoms with Gasteiger partial charge in [0.2, 0.25) is 17.7 Å². The summed E-state index contributed by atoms with van der Waals surface area (Å²) in [4.78, 5) is 39.6. The zero-order chi connectivity index (χ0) is 16.8. The zero-order valence-corrected chi connectivity index (χ0v) is 14.2. The van der Waals surface area contributed by atoms with Crippen LogP contribution in [-0.4, -0.2) is 34.7 Å². The van der Waals surface area contributed by atoms with E-state index in [1.54, 1.807) is 6.92 Å². The number of nitrogens with one attached hydrogen (secondary N) is 1. The van der Waals surface area contributed by atoms with Crippen molar-refractivity contribution in [1.82, 2.24) is 10.2 Å². The number of nitrogens with zero attached hydrogens (tertiary/aromatic N) is 1. The van der Waals surface area contributed by atoms with Gasteiger partial charge in [0.15, 0.2) is 0 Å². The zero-order valence-electron chi connectivity index (χ0n) is 14.2. The van der Waals surface area contributed by atoms with E-state index in [4.69, 9.17) is 0 Å². The lowest BCUT2D eigenvalue weighted by atomic mass is 9.63. The predicted molar refractivity (Wildman–Crippen MR) is 88.7 cm³/mol. The first-order valence-electron chi connectivity index (χ1n) is 9.43. The molecule has 5 aliphatic rings. The normalized spacial score (nSPS) is 36.8. The van der Waals surface area contributed by atoms with Crippen molar-refractivity contribution in [3.8, 4) is 0 Å². The Kier molecular flexibility index (Phi) is 3.97. The second-order valence-electron chi connectivity index (χ2n) is 7.91. The summed E-state index contributed by atoms with van der Waals surface area (Å²) in [6.45, 7) is 1.70. The lowest BCUT2D eigenvalue weighted by Gasteiger charge is -2.38. The number of hydrogen-bond donors (Lipinski definition) is 1. The Balaban J connectivity index is 1.48. The third kappa shape index (κ3) is 2.40. The summed E-state index contributed by atoms with van der Waals surface area (Å²) in [5.41, 5.74) is 0. The van der Waals surface area contributed by atoms with Gasteiger partial charge < -0.3 is 5.32 Å². The summed E-state index contributed by atoms with van der Waals surface area (Å²) >= 11 is 0. The van der Waals surface area contributed by atoms with Crippen LogP contribution in [0.1, 0.15) is 51.9 Å². The van der Waals surface area contributed by atoms with Gasteiger partial charge in [-0.1, -0.05) is 31.4 Å². The molecule has 5 atom stereocenters. The van der Waals surface area contributed by atoms with Crippen molar-refractivity contribution in [1.29, 1.82) is 0 Å². The Morgan fingerprint density at radius 3 is 2.04 bits per heavy atom. The highest BCUT2D eigenvalue weighted by Crippen LogP contribution is 2.49. The van der Waals surface area contributed by atoms with E-state index in [0.717, 1.165) is 38.5 Å². The number of amides is 3. The quantitative estimate of drug-likeness (QED) is 0.636. The molecule has 1 saturated heterocycles. The number of allylic oxidation sites excluding steroid dienone is 2. The minimum Gasteiger partial charge on any atom is -0.352 e. The molecule has 0 unspecified atom stereocenters. The van der Waals surface area contributed by atoms with Crippen LogP contribution >= 0.6 is 0 Å². The maximum absolute atomic E-state index is 12.9. The van der Waals surface area contributed by atoms with Gasteiger partial charge in [0, 0.05) is 6.04 Å². The van der Waals surface area contributed by atoms with Crippen LogP contribution in [0.4, 0.5) is 0 Å². The molecule has 3 amide bonds. The van der Waals surface area contributed by atoms with E-state index in [1.165, 1.54) is 11.3 Å². The Bertz CT molecular complexity index is 561. The standard InChI is InChI=1S/C19H26N2O3/c1-11(17(22)20-14-5-3-2-4-6-14)21-18(23)15-12-7-8-13(10-9-12)16(15)19(21)24/h7-8,11-16H,2-6,9-10H2,1H3,(H,20,22)/t11-,12+,13+,15-,16+/m1/s1. The largest absolute Gasteiger partial charge is 0.352 e. The third-order valence-electron chi connectivity index (χ3n) is 6.51. The predicted octanol–water partition coefficient (Wildman–Crippen LogP) is 2.02. The number of fused-ring (bicyclic) bond motifs is 1. The van der Waals surface area contributed by atoms with Crippen molar-refractivity contribution in [3.63, 3.8) is 0 Å². The molecule has 2 saturated carbocycles. The van der Waals surface area contributed by atoms with Crippen LogP contribution in [0, 0.1) is 23.7 Å². The van der Waals surface area contributed by atoms with Gasteiger partial charge in [-0.25, -0.2) is 0 Å². The average molecular weight is 330 g/mol. The Hall–Kier alpha value is -1.65. The summed E-state index contributed by atoms with van der Waals surface area (Å²) in [6.07, 6.45) is 11.7. The molecule has 1 aliphatic heterocycles. The summed E-state index contributed by atoms with van der Waals surface area (Å²) in [6, 6.07) is -0.501. The number of carbonyl (C=O) groups excluding carboxylic acids is 3. The van der Waals surface area contributed by atoms with Crippen LogP contribution in [0.25, 0.3) is 0 Å². The smallest absolute Gasteiger partial charge is 0.243 e. The number of carbonyl (C=O) groups is 3. The molecule has 130 valence electrons. The lowest BCUT2D eigenvalue weighted by Crippen LogP contribution is -2.51. The van der Waals surface area contributed by atoms with Crippen LogP contribution < -0.4 is 5.32 Å². The summed E-state index contributed by atoms with van der Waals surface area (Å²) < 4.78 is 0. The fraction of sp³-hybridized carbons (Fsp3) is 0.737.